The van der Waals surface area contributed by atoms with Crippen molar-refractivity contribution in [2.24, 2.45) is 0 Å². The molecule has 2 fully saturated rings. The number of carbonyl (C=O) groups excluding carboxylic acids is 2. The number of hydrogen-bond donors (Lipinski definition) is 2. The van der Waals surface area contributed by atoms with Crippen LogP contribution in [0.2, 0.25) is 0 Å². The van der Waals surface area contributed by atoms with E-state index in [0.717, 1.165) is 12.8 Å². The third kappa shape index (κ3) is 2.58. The van der Waals surface area contributed by atoms with E-state index in [2.05, 4.69) is 5.32 Å². The highest BCUT2D eigenvalue weighted by Gasteiger charge is 2.46. The van der Waals surface area contributed by atoms with Gasteiger partial charge >= 0.3 is 0 Å². The van der Waals surface area contributed by atoms with Gasteiger partial charge in [-0.2, -0.15) is 0 Å². The summed E-state index contributed by atoms with van der Waals surface area (Å²) in [4.78, 5) is 26.6. The first-order chi connectivity index (χ1) is 8.07. The van der Waals surface area contributed by atoms with Gasteiger partial charge < -0.3 is 15.3 Å². The molecule has 0 spiro atoms. The maximum Gasteiger partial charge on any atom is 0.239 e. The Morgan fingerprint density at radius 2 is 2.29 bits per heavy atom. The molecule has 1 aliphatic heterocycles. The molecule has 1 saturated heterocycles. The molecular formula is C11H19N3O3. The zero-order valence-electron chi connectivity index (χ0n) is 10.1. The third-order valence-electron chi connectivity index (χ3n) is 3.69. The molecule has 0 unspecified atom stereocenters. The van der Waals surface area contributed by atoms with Crippen molar-refractivity contribution in [1.82, 2.24) is 15.1 Å². The first-order valence-corrected chi connectivity index (χ1v) is 5.94. The van der Waals surface area contributed by atoms with E-state index in [1.165, 1.54) is 0 Å². The van der Waals surface area contributed by atoms with Crippen LogP contribution in [0.3, 0.4) is 0 Å². The van der Waals surface area contributed by atoms with Crippen LogP contribution in [0.25, 0.3) is 0 Å². The lowest BCUT2D eigenvalue weighted by Gasteiger charge is -2.31. The second-order valence-corrected chi connectivity index (χ2v) is 4.90. The van der Waals surface area contributed by atoms with Crippen LogP contribution in [-0.2, 0) is 9.59 Å². The van der Waals surface area contributed by atoms with Crippen LogP contribution in [0.1, 0.15) is 12.8 Å². The summed E-state index contributed by atoms with van der Waals surface area (Å²) >= 11 is 0. The van der Waals surface area contributed by atoms with Crippen molar-refractivity contribution in [2.75, 3.05) is 39.8 Å². The van der Waals surface area contributed by atoms with Gasteiger partial charge in [0.1, 0.15) is 0 Å². The van der Waals surface area contributed by atoms with Gasteiger partial charge in [0.25, 0.3) is 0 Å². The van der Waals surface area contributed by atoms with E-state index in [0.29, 0.717) is 13.1 Å². The Bertz CT molecular complexity index is 328. The quantitative estimate of drug-likeness (QED) is 0.622. The zero-order chi connectivity index (χ0) is 12.5. The number of nitrogens with zero attached hydrogens (tertiary/aromatic N) is 2. The van der Waals surface area contributed by atoms with Gasteiger partial charge in [-0.1, -0.05) is 0 Å². The minimum atomic E-state index is -0.187. The van der Waals surface area contributed by atoms with Gasteiger partial charge in [-0.05, 0) is 19.9 Å². The highest BCUT2D eigenvalue weighted by molar-refractivity contribution is 5.86. The van der Waals surface area contributed by atoms with Gasteiger partial charge in [-0.15, -0.1) is 0 Å². The molecular weight excluding hydrogens is 222 g/mol. The van der Waals surface area contributed by atoms with Crippen molar-refractivity contribution in [3.05, 3.63) is 0 Å². The van der Waals surface area contributed by atoms with Gasteiger partial charge in [0.05, 0.1) is 19.7 Å². The molecule has 0 atom stereocenters. The Balaban J connectivity index is 1.86. The normalized spacial score (nSPS) is 22.5. The average Bonchev–Trinajstić information content (AvgIpc) is 3.09. The molecule has 2 amide bonds. The Labute approximate surface area is 101 Å². The molecule has 1 heterocycles. The number of nitrogens with one attached hydrogen (secondary N) is 1. The predicted molar refractivity (Wildman–Crippen MR) is 61.3 cm³/mol. The average molecular weight is 241 g/mol. The van der Waals surface area contributed by atoms with Crippen molar-refractivity contribution in [3.8, 4) is 0 Å². The number of rotatable bonds is 4. The Kier molecular flexibility index (Phi) is 3.35. The second kappa shape index (κ2) is 4.62. The summed E-state index contributed by atoms with van der Waals surface area (Å²) in [6.45, 7) is 1.62. The third-order valence-corrected chi connectivity index (χ3v) is 3.69. The molecule has 0 radical (unpaired) electrons. The first kappa shape index (κ1) is 12.3. The van der Waals surface area contributed by atoms with E-state index < -0.39 is 0 Å². The van der Waals surface area contributed by atoms with E-state index in [-0.39, 0.29) is 37.0 Å². The van der Waals surface area contributed by atoms with Gasteiger partial charge in [-0.3, -0.25) is 14.5 Å². The fraction of sp³-hybridized carbons (Fsp3) is 0.818. The summed E-state index contributed by atoms with van der Waals surface area (Å²) in [5.41, 5.74) is -0.187. The zero-order valence-corrected chi connectivity index (χ0v) is 10.1. The lowest BCUT2D eigenvalue weighted by molar-refractivity contribution is -0.139. The number of aliphatic hydroxyl groups is 1. The number of likely N-dealkylation sites (N-methyl/N-ethyl adjacent to an activating group) is 1. The van der Waals surface area contributed by atoms with Crippen molar-refractivity contribution < 1.29 is 14.7 Å². The summed E-state index contributed by atoms with van der Waals surface area (Å²) in [7, 11) is 1.85. The predicted octanol–water partition coefficient (Wildman–Crippen LogP) is -1.60. The van der Waals surface area contributed by atoms with Crippen molar-refractivity contribution >= 4 is 11.8 Å². The molecule has 6 heteroatoms. The minimum absolute atomic E-state index is 0.0397. The van der Waals surface area contributed by atoms with Crippen LogP contribution in [0.15, 0.2) is 0 Å². The molecule has 1 saturated carbocycles. The van der Waals surface area contributed by atoms with Gasteiger partial charge in [0.2, 0.25) is 11.8 Å². The van der Waals surface area contributed by atoms with Crippen molar-refractivity contribution in [3.63, 3.8) is 0 Å². The molecule has 96 valence electrons. The standard InChI is InChI=1S/C11H19N3O3/c1-13(11(8-15)2-3-11)7-10(17)14-5-4-12-9(16)6-14/h15H,2-8H2,1H3,(H,12,16). The van der Waals surface area contributed by atoms with E-state index in [1.54, 1.807) is 4.90 Å². The fourth-order valence-electron chi connectivity index (χ4n) is 2.13. The second-order valence-electron chi connectivity index (χ2n) is 4.90. The Hall–Kier alpha value is -1.14. The van der Waals surface area contributed by atoms with Crippen molar-refractivity contribution in [2.45, 2.75) is 18.4 Å². The monoisotopic (exact) mass is 241 g/mol. The number of aliphatic hydroxyl groups excluding tert-OH is 1. The van der Waals surface area contributed by atoms with E-state index in [1.807, 2.05) is 11.9 Å². The number of amides is 2. The van der Waals surface area contributed by atoms with Crippen LogP contribution >= 0.6 is 0 Å². The maximum atomic E-state index is 12.0. The molecule has 17 heavy (non-hydrogen) atoms. The summed E-state index contributed by atoms with van der Waals surface area (Å²) in [6, 6.07) is 0. The van der Waals surface area contributed by atoms with Gasteiger partial charge in [-0.25, -0.2) is 0 Å². The summed E-state index contributed by atoms with van der Waals surface area (Å²) < 4.78 is 0. The summed E-state index contributed by atoms with van der Waals surface area (Å²) in [6.07, 6.45) is 1.88. The highest BCUT2D eigenvalue weighted by atomic mass is 16.3. The van der Waals surface area contributed by atoms with Gasteiger partial charge in [0.15, 0.2) is 0 Å². The fourth-order valence-corrected chi connectivity index (χ4v) is 2.13. The molecule has 0 aromatic heterocycles. The SMILES string of the molecule is CN(CC(=O)N1CCNC(=O)C1)C1(CO)CC1. The Morgan fingerprint density at radius 3 is 2.82 bits per heavy atom. The van der Waals surface area contributed by atoms with E-state index >= 15 is 0 Å². The lowest BCUT2D eigenvalue weighted by Crippen LogP contribution is -2.53. The summed E-state index contributed by atoms with van der Waals surface area (Å²) in [5.74, 6) is -0.141. The minimum Gasteiger partial charge on any atom is -0.394 e. The number of hydrogen-bond acceptors (Lipinski definition) is 4. The topological polar surface area (TPSA) is 72.9 Å². The molecule has 6 nitrogen and oxygen atoms in total. The first-order valence-electron chi connectivity index (χ1n) is 5.94. The highest BCUT2D eigenvalue weighted by Crippen LogP contribution is 2.40. The number of piperazine rings is 1. The Morgan fingerprint density at radius 1 is 1.59 bits per heavy atom. The van der Waals surface area contributed by atoms with Crippen LogP contribution in [0.5, 0.6) is 0 Å². The lowest BCUT2D eigenvalue weighted by atomic mass is 10.2. The molecule has 0 aromatic carbocycles. The molecule has 2 N–H and O–H groups in total. The molecule has 0 bridgehead atoms. The molecule has 0 aromatic rings. The smallest absolute Gasteiger partial charge is 0.239 e. The molecule has 2 aliphatic rings. The maximum absolute atomic E-state index is 12.0. The van der Waals surface area contributed by atoms with E-state index in [4.69, 9.17) is 0 Å². The van der Waals surface area contributed by atoms with E-state index in [9.17, 15) is 14.7 Å². The largest absolute Gasteiger partial charge is 0.394 e. The molecule has 2 rings (SSSR count). The molecule has 1 aliphatic carbocycles. The van der Waals surface area contributed by atoms with Crippen LogP contribution in [-0.4, -0.2) is 72.1 Å². The summed E-state index contributed by atoms with van der Waals surface area (Å²) in [5, 5.41) is 11.9. The van der Waals surface area contributed by atoms with Crippen LogP contribution < -0.4 is 5.32 Å². The van der Waals surface area contributed by atoms with Gasteiger partial charge in [0, 0.05) is 18.6 Å². The van der Waals surface area contributed by atoms with Crippen LogP contribution in [0, 0.1) is 0 Å². The van der Waals surface area contributed by atoms with Crippen LogP contribution in [0.4, 0.5) is 0 Å². The van der Waals surface area contributed by atoms with Crippen molar-refractivity contribution in [1.29, 1.82) is 0 Å². The number of carbonyl (C=O) groups is 2.